The van der Waals surface area contributed by atoms with Gasteiger partial charge in [0.25, 0.3) is 0 Å². The highest BCUT2D eigenvalue weighted by molar-refractivity contribution is 5.54. The Balaban J connectivity index is 1.70. The second-order valence-electron chi connectivity index (χ2n) is 7.59. The van der Waals surface area contributed by atoms with Crippen molar-refractivity contribution < 1.29 is 0 Å². The maximum absolute atomic E-state index is 2.72. The zero-order chi connectivity index (χ0) is 17.0. The summed E-state index contributed by atoms with van der Waals surface area (Å²) in [7, 11) is 0. The number of hydrogen-bond donors (Lipinski definition) is 0. The van der Waals surface area contributed by atoms with E-state index in [-0.39, 0.29) is 5.54 Å². The molecule has 0 spiro atoms. The van der Waals surface area contributed by atoms with E-state index in [9.17, 15) is 0 Å². The molecular formula is C24H23N. The van der Waals surface area contributed by atoms with Crippen molar-refractivity contribution in [3.8, 4) is 0 Å². The quantitative estimate of drug-likeness (QED) is 0.612. The number of fused-ring (bicyclic) bond motifs is 7. The predicted octanol–water partition coefficient (Wildman–Crippen LogP) is 5.37. The lowest BCUT2D eigenvalue weighted by Crippen LogP contribution is -2.45. The predicted molar refractivity (Wildman–Crippen MR) is 103 cm³/mol. The maximum atomic E-state index is 2.72. The van der Waals surface area contributed by atoms with Gasteiger partial charge in [0.1, 0.15) is 0 Å². The third-order valence-corrected chi connectivity index (χ3v) is 6.35. The van der Waals surface area contributed by atoms with Crippen LogP contribution in [0.5, 0.6) is 0 Å². The fourth-order valence-electron chi connectivity index (χ4n) is 5.01. The van der Waals surface area contributed by atoms with Crippen LogP contribution in [0.3, 0.4) is 0 Å². The number of nitrogens with zero attached hydrogens (tertiary/aromatic N) is 1. The lowest BCUT2D eigenvalue weighted by atomic mass is 9.80. The van der Waals surface area contributed by atoms with Crippen molar-refractivity contribution in [1.82, 2.24) is 4.90 Å². The fourth-order valence-corrected chi connectivity index (χ4v) is 5.01. The van der Waals surface area contributed by atoms with Gasteiger partial charge in [0, 0.05) is 12.6 Å². The van der Waals surface area contributed by atoms with Gasteiger partial charge < -0.3 is 0 Å². The van der Waals surface area contributed by atoms with Crippen LogP contribution in [0.2, 0.25) is 0 Å². The molecule has 0 radical (unpaired) electrons. The Hall–Kier alpha value is -2.38. The van der Waals surface area contributed by atoms with Crippen molar-refractivity contribution in [3.05, 3.63) is 106 Å². The molecule has 0 aromatic heterocycles. The highest BCUT2D eigenvalue weighted by Gasteiger charge is 2.51. The van der Waals surface area contributed by atoms with Gasteiger partial charge in [-0.1, -0.05) is 72.8 Å². The number of hydrogen-bond acceptors (Lipinski definition) is 1. The minimum Gasteiger partial charge on any atom is -0.278 e. The van der Waals surface area contributed by atoms with Crippen molar-refractivity contribution in [2.24, 2.45) is 0 Å². The van der Waals surface area contributed by atoms with Gasteiger partial charge in [-0.15, -0.1) is 0 Å². The van der Waals surface area contributed by atoms with Gasteiger partial charge in [-0.3, -0.25) is 4.90 Å². The molecule has 5 rings (SSSR count). The third-order valence-electron chi connectivity index (χ3n) is 6.35. The normalized spacial score (nSPS) is 24.0. The summed E-state index contributed by atoms with van der Waals surface area (Å²) in [5.41, 5.74) is 8.75. The molecule has 3 aromatic rings. The molecule has 0 unspecified atom stereocenters. The van der Waals surface area contributed by atoms with E-state index in [2.05, 4.69) is 91.5 Å². The third kappa shape index (κ3) is 1.99. The topological polar surface area (TPSA) is 3.24 Å². The van der Waals surface area contributed by atoms with Gasteiger partial charge in [-0.25, -0.2) is 0 Å². The molecule has 124 valence electrons. The zero-order valence-corrected chi connectivity index (χ0v) is 14.9. The summed E-state index contributed by atoms with van der Waals surface area (Å²) in [6, 6.07) is 27.4. The van der Waals surface area contributed by atoms with Gasteiger partial charge in [0.2, 0.25) is 0 Å². The Morgan fingerprint density at radius 1 is 0.880 bits per heavy atom. The highest BCUT2D eigenvalue weighted by atomic mass is 15.3. The molecule has 1 nitrogen and oxygen atoms in total. The van der Waals surface area contributed by atoms with E-state index in [1.54, 1.807) is 0 Å². The Morgan fingerprint density at radius 2 is 1.56 bits per heavy atom. The standard InChI is InChI=1S/C24H23N/c1-17-9-3-4-11-19(17)16-25-23-15-18-10-5-7-13-21(18)24(25,2)22-14-8-6-12-20(22)23/h3-14,23H,15-16H2,1-2H3/t23-,24+/m1/s1. The second-order valence-corrected chi connectivity index (χ2v) is 7.59. The molecule has 0 saturated heterocycles. The van der Waals surface area contributed by atoms with E-state index >= 15 is 0 Å². The van der Waals surface area contributed by atoms with E-state index in [1.165, 1.54) is 33.4 Å². The molecule has 2 aliphatic heterocycles. The minimum atomic E-state index is -0.0433. The molecule has 2 bridgehead atoms. The molecule has 2 aliphatic rings. The first-order valence-corrected chi connectivity index (χ1v) is 9.18. The highest BCUT2D eigenvalue weighted by Crippen LogP contribution is 2.55. The number of rotatable bonds is 2. The number of benzene rings is 3. The molecule has 3 aromatic carbocycles. The van der Waals surface area contributed by atoms with Crippen LogP contribution in [-0.4, -0.2) is 4.90 Å². The van der Waals surface area contributed by atoms with Crippen LogP contribution in [0.4, 0.5) is 0 Å². The summed E-state index contributed by atoms with van der Waals surface area (Å²) in [6.45, 7) is 5.64. The summed E-state index contributed by atoms with van der Waals surface area (Å²) in [5, 5.41) is 0. The van der Waals surface area contributed by atoms with Gasteiger partial charge in [-0.2, -0.15) is 0 Å². The van der Waals surface area contributed by atoms with Crippen LogP contribution < -0.4 is 0 Å². The molecular weight excluding hydrogens is 302 g/mol. The molecule has 0 fully saturated rings. The molecule has 2 atom stereocenters. The molecule has 1 heteroatoms. The first kappa shape index (κ1) is 14.9. The molecule has 0 saturated carbocycles. The van der Waals surface area contributed by atoms with E-state index in [4.69, 9.17) is 0 Å². The van der Waals surface area contributed by atoms with Crippen LogP contribution in [-0.2, 0) is 18.5 Å². The average Bonchev–Trinajstić information content (AvgIpc) is 2.80. The van der Waals surface area contributed by atoms with Gasteiger partial charge >= 0.3 is 0 Å². The molecule has 0 N–H and O–H groups in total. The van der Waals surface area contributed by atoms with Crippen LogP contribution in [0.25, 0.3) is 0 Å². The monoisotopic (exact) mass is 325 g/mol. The average molecular weight is 325 g/mol. The smallest absolute Gasteiger partial charge is 0.0700 e. The zero-order valence-electron chi connectivity index (χ0n) is 14.9. The summed E-state index contributed by atoms with van der Waals surface area (Å²) < 4.78 is 0. The summed E-state index contributed by atoms with van der Waals surface area (Å²) in [4.78, 5) is 2.72. The Morgan fingerprint density at radius 3 is 2.40 bits per heavy atom. The fraction of sp³-hybridized carbons (Fsp3) is 0.250. The van der Waals surface area contributed by atoms with Crippen LogP contribution in [0.1, 0.15) is 46.3 Å². The summed E-state index contributed by atoms with van der Waals surface area (Å²) >= 11 is 0. The van der Waals surface area contributed by atoms with Gasteiger partial charge in [-0.05, 0) is 53.6 Å². The van der Waals surface area contributed by atoms with E-state index < -0.39 is 0 Å². The Labute approximate surface area is 149 Å². The molecule has 25 heavy (non-hydrogen) atoms. The Kier molecular flexibility index (Phi) is 3.17. The van der Waals surface area contributed by atoms with Crippen LogP contribution in [0, 0.1) is 6.92 Å². The van der Waals surface area contributed by atoms with E-state index in [0.717, 1.165) is 13.0 Å². The van der Waals surface area contributed by atoms with E-state index in [0.29, 0.717) is 6.04 Å². The first-order chi connectivity index (χ1) is 12.2. The largest absolute Gasteiger partial charge is 0.278 e. The van der Waals surface area contributed by atoms with Crippen molar-refractivity contribution >= 4 is 0 Å². The molecule has 0 aliphatic carbocycles. The van der Waals surface area contributed by atoms with Crippen LogP contribution >= 0.6 is 0 Å². The van der Waals surface area contributed by atoms with Gasteiger partial charge in [0.15, 0.2) is 0 Å². The lowest BCUT2D eigenvalue weighted by Gasteiger charge is -2.45. The van der Waals surface area contributed by atoms with E-state index in [1.807, 2.05) is 0 Å². The van der Waals surface area contributed by atoms with Crippen molar-refractivity contribution in [3.63, 3.8) is 0 Å². The maximum Gasteiger partial charge on any atom is 0.0700 e. The molecule has 2 heterocycles. The summed E-state index contributed by atoms with van der Waals surface area (Å²) in [5.74, 6) is 0. The Bertz CT molecular complexity index is 945. The first-order valence-electron chi connectivity index (χ1n) is 9.18. The van der Waals surface area contributed by atoms with Crippen molar-refractivity contribution in [2.45, 2.75) is 38.4 Å². The van der Waals surface area contributed by atoms with Crippen molar-refractivity contribution in [2.75, 3.05) is 0 Å². The van der Waals surface area contributed by atoms with Crippen LogP contribution in [0.15, 0.2) is 72.8 Å². The number of aryl methyl sites for hydroxylation is 1. The second kappa shape index (κ2) is 5.31. The van der Waals surface area contributed by atoms with Gasteiger partial charge in [0.05, 0.1) is 5.54 Å². The lowest BCUT2D eigenvalue weighted by molar-refractivity contribution is 0.0862. The summed E-state index contributed by atoms with van der Waals surface area (Å²) in [6.07, 6.45) is 1.11. The SMILES string of the molecule is Cc1ccccc1CN1[C@@H]2Cc3ccccc3[C@@]1(C)c1ccccc12. The molecule has 0 amide bonds. The minimum absolute atomic E-state index is 0.0433. The van der Waals surface area contributed by atoms with Crippen molar-refractivity contribution in [1.29, 1.82) is 0 Å².